The highest BCUT2D eigenvalue weighted by Crippen LogP contribution is 2.11. The number of carbonyl (C=O) groups is 1. The molecule has 0 saturated heterocycles. The van der Waals surface area contributed by atoms with Gasteiger partial charge in [0.05, 0.1) is 13.0 Å². The SMILES string of the molecule is CCOC(=O)CCNc1c(N)n(CC(C)C)c(=O)[nH]c1=O. The zero-order chi connectivity index (χ0) is 16.0. The fraction of sp³-hybridized carbons (Fsp3) is 0.615. The maximum absolute atomic E-state index is 11.8. The number of hydrogen-bond donors (Lipinski definition) is 3. The number of anilines is 2. The second-order valence-corrected chi connectivity index (χ2v) is 5.01. The number of nitrogens with two attached hydrogens (primary N) is 1. The number of ether oxygens (including phenoxy) is 1. The number of esters is 1. The second kappa shape index (κ2) is 7.51. The first-order valence-electron chi connectivity index (χ1n) is 6.88. The van der Waals surface area contributed by atoms with E-state index in [0.29, 0.717) is 13.2 Å². The first kappa shape index (κ1) is 16.8. The largest absolute Gasteiger partial charge is 0.466 e. The lowest BCUT2D eigenvalue weighted by Crippen LogP contribution is -2.35. The van der Waals surface area contributed by atoms with Gasteiger partial charge in [-0.2, -0.15) is 0 Å². The van der Waals surface area contributed by atoms with Crippen LogP contribution >= 0.6 is 0 Å². The van der Waals surface area contributed by atoms with Gasteiger partial charge < -0.3 is 15.8 Å². The van der Waals surface area contributed by atoms with Crippen molar-refractivity contribution in [1.82, 2.24) is 9.55 Å². The van der Waals surface area contributed by atoms with Crippen LogP contribution in [0.4, 0.5) is 11.5 Å². The molecule has 1 heterocycles. The first-order valence-corrected chi connectivity index (χ1v) is 6.88. The standard InChI is InChI=1S/C13H22N4O4/c1-4-21-9(18)5-6-15-10-11(14)17(7-8(2)3)13(20)16-12(10)19/h8,15H,4-7,14H2,1-3H3,(H,16,19,20). The molecule has 0 atom stereocenters. The number of H-pyrrole nitrogens is 1. The summed E-state index contributed by atoms with van der Waals surface area (Å²) in [6, 6.07) is 0. The van der Waals surface area contributed by atoms with Crippen molar-refractivity contribution in [2.45, 2.75) is 33.7 Å². The Morgan fingerprint density at radius 1 is 1.43 bits per heavy atom. The minimum atomic E-state index is -0.596. The summed E-state index contributed by atoms with van der Waals surface area (Å²) in [4.78, 5) is 37.0. The van der Waals surface area contributed by atoms with E-state index in [1.807, 2.05) is 13.8 Å². The van der Waals surface area contributed by atoms with E-state index in [2.05, 4.69) is 10.3 Å². The van der Waals surface area contributed by atoms with Gasteiger partial charge in [0.1, 0.15) is 11.5 Å². The molecule has 0 spiro atoms. The number of aromatic nitrogens is 2. The monoisotopic (exact) mass is 298 g/mol. The molecular formula is C13H22N4O4. The molecular weight excluding hydrogens is 276 g/mol. The summed E-state index contributed by atoms with van der Waals surface area (Å²) in [5, 5.41) is 2.78. The van der Waals surface area contributed by atoms with Crippen molar-refractivity contribution in [2.75, 3.05) is 24.2 Å². The molecule has 0 aliphatic heterocycles. The fourth-order valence-corrected chi connectivity index (χ4v) is 1.83. The van der Waals surface area contributed by atoms with Crippen LogP contribution < -0.4 is 22.3 Å². The maximum atomic E-state index is 11.8. The summed E-state index contributed by atoms with van der Waals surface area (Å²) in [5.41, 5.74) is 4.83. The van der Waals surface area contributed by atoms with E-state index in [1.54, 1.807) is 6.92 Å². The first-order chi connectivity index (χ1) is 9.86. The molecule has 1 aromatic rings. The third-order valence-electron chi connectivity index (χ3n) is 2.72. The molecule has 4 N–H and O–H groups in total. The second-order valence-electron chi connectivity index (χ2n) is 5.01. The van der Waals surface area contributed by atoms with Crippen LogP contribution in [0.5, 0.6) is 0 Å². The van der Waals surface area contributed by atoms with E-state index in [0.717, 1.165) is 0 Å². The molecule has 0 saturated carbocycles. The molecule has 0 bridgehead atoms. The highest BCUT2D eigenvalue weighted by atomic mass is 16.5. The Labute approximate surface area is 122 Å². The van der Waals surface area contributed by atoms with Gasteiger partial charge in [-0.25, -0.2) is 4.79 Å². The smallest absolute Gasteiger partial charge is 0.330 e. The average Bonchev–Trinajstić information content (AvgIpc) is 2.38. The zero-order valence-corrected chi connectivity index (χ0v) is 12.6. The van der Waals surface area contributed by atoms with Gasteiger partial charge in [-0.3, -0.25) is 19.1 Å². The van der Waals surface area contributed by atoms with Gasteiger partial charge in [-0.1, -0.05) is 13.8 Å². The zero-order valence-electron chi connectivity index (χ0n) is 12.6. The third-order valence-corrected chi connectivity index (χ3v) is 2.72. The predicted molar refractivity (Wildman–Crippen MR) is 80.3 cm³/mol. The number of rotatable bonds is 7. The normalized spacial score (nSPS) is 10.7. The van der Waals surface area contributed by atoms with Gasteiger partial charge in [0, 0.05) is 13.1 Å². The molecule has 8 heteroatoms. The lowest BCUT2D eigenvalue weighted by Gasteiger charge is -2.15. The minimum absolute atomic E-state index is 0.0707. The van der Waals surface area contributed by atoms with E-state index in [-0.39, 0.29) is 36.4 Å². The molecule has 118 valence electrons. The summed E-state index contributed by atoms with van der Waals surface area (Å²) in [6.45, 7) is 6.49. The highest BCUT2D eigenvalue weighted by molar-refractivity contribution is 5.70. The van der Waals surface area contributed by atoms with Crippen molar-refractivity contribution >= 4 is 17.5 Å². The highest BCUT2D eigenvalue weighted by Gasteiger charge is 2.13. The van der Waals surface area contributed by atoms with E-state index in [4.69, 9.17) is 10.5 Å². The Bertz CT molecular complexity index is 603. The van der Waals surface area contributed by atoms with Crippen molar-refractivity contribution in [2.24, 2.45) is 5.92 Å². The van der Waals surface area contributed by atoms with E-state index in [9.17, 15) is 14.4 Å². The van der Waals surface area contributed by atoms with Crippen molar-refractivity contribution in [3.8, 4) is 0 Å². The van der Waals surface area contributed by atoms with Crippen LogP contribution in [0, 0.1) is 5.92 Å². The molecule has 1 aromatic heterocycles. The summed E-state index contributed by atoms with van der Waals surface area (Å²) in [6.07, 6.45) is 0.107. The molecule has 8 nitrogen and oxygen atoms in total. The minimum Gasteiger partial charge on any atom is -0.466 e. The van der Waals surface area contributed by atoms with Gasteiger partial charge in [-0.05, 0) is 12.8 Å². The van der Waals surface area contributed by atoms with Gasteiger partial charge in [0.25, 0.3) is 5.56 Å². The Balaban J connectivity index is 2.89. The number of nitrogen functional groups attached to an aromatic ring is 1. The quantitative estimate of drug-likeness (QED) is 0.616. The number of nitrogens with one attached hydrogen (secondary N) is 2. The van der Waals surface area contributed by atoms with Crippen LogP contribution in [0.15, 0.2) is 9.59 Å². The molecule has 0 aliphatic carbocycles. The van der Waals surface area contributed by atoms with E-state index >= 15 is 0 Å². The average molecular weight is 298 g/mol. The van der Waals surface area contributed by atoms with Crippen LogP contribution in [-0.4, -0.2) is 28.7 Å². The van der Waals surface area contributed by atoms with Crippen LogP contribution in [0.3, 0.4) is 0 Å². The lowest BCUT2D eigenvalue weighted by molar-refractivity contribution is -0.142. The molecule has 0 aromatic carbocycles. The molecule has 0 aliphatic rings. The Kier molecular flexibility index (Phi) is 6.01. The Morgan fingerprint density at radius 2 is 2.10 bits per heavy atom. The fourth-order valence-electron chi connectivity index (χ4n) is 1.83. The van der Waals surface area contributed by atoms with Gasteiger partial charge in [-0.15, -0.1) is 0 Å². The van der Waals surface area contributed by atoms with Crippen molar-refractivity contribution in [1.29, 1.82) is 0 Å². The van der Waals surface area contributed by atoms with Gasteiger partial charge in [0.15, 0.2) is 0 Å². The molecule has 1 rings (SSSR count). The van der Waals surface area contributed by atoms with Crippen molar-refractivity contribution in [3.63, 3.8) is 0 Å². The van der Waals surface area contributed by atoms with Crippen LogP contribution in [0.2, 0.25) is 0 Å². The third kappa shape index (κ3) is 4.66. The van der Waals surface area contributed by atoms with E-state index in [1.165, 1.54) is 4.57 Å². The maximum Gasteiger partial charge on any atom is 0.330 e. The van der Waals surface area contributed by atoms with Gasteiger partial charge >= 0.3 is 11.7 Å². The number of carbonyl (C=O) groups excluding carboxylic acids is 1. The molecule has 0 unspecified atom stereocenters. The van der Waals surface area contributed by atoms with Gasteiger partial charge in [0.2, 0.25) is 0 Å². The Morgan fingerprint density at radius 3 is 2.67 bits per heavy atom. The summed E-state index contributed by atoms with van der Waals surface area (Å²) in [5.74, 6) is -0.0971. The molecule has 21 heavy (non-hydrogen) atoms. The van der Waals surface area contributed by atoms with E-state index < -0.39 is 11.2 Å². The Hall–Kier alpha value is -2.25. The van der Waals surface area contributed by atoms with Crippen molar-refractivity contribution in [3.05, 3.63) is 20.8 Å². The van der Waals surface area contributed by atoms with Crippen molar-refractivity contribution < 1.29 is 9.53 Å². The van der Waals surface area contributed by atoms with Crippen LogP contribution in [0.1, 0.15) is 27.2 Å². The predicted octanol–water partition coefficient (Wildman–Crippen LogP) is 0.140. The molecule has 0 radical (unpaired) electrons. The van der Waals surface area contributed by atoms with Crippen LogP contribution in [0.25, 0.3) is 0 Å². The summed E-state index contributed by atoms with van der Waals surface area (Å²) in [7, 11) is 0. The topological polar surface area (TPSA) is 119 Å². The summed E-state index contributed by atoms with van der Waals surface area (Å²) >= 11 is 0. The van der Waals surface area contributed by atoms with Crippen LogP contribution in [-0.2, 0) is 16.1 Å². The number of aromatic amines is 1. The number of nitrogens with zero attached hydrogens (tertiary/aromatic N) is 1. The number of hydrogen-bond acceptors (Lipinski definition) is 6. The summed E-state index contributed by atoms with van der Waals surface area (Å²) < 4.78 is 6.09. The molecule has 0 fully saturated rings. The molecule has 0 amide bonds. The lowest BCUT2D eigenvalue weighted by atomic mass is 10.2.